The van der Waals surface area contributed by atoms with Crippen LogP contribution in [0.2, 0.25) is 0 Å². The fourth-order valence-corrected chi connectivity index (χ4v) is 1.79. The third-order valence-electron chi connectivity index (χ3n) is 2.07. The van der Waals surface area contributed by atoms with Gasteiger partial charge in [-0.15, -0.1) is 0 Å². The van der Waals surface area contributed by atoms with Gasteiger partial charge >= 0.3 is 0 Å². The molecule has 0 aromatic heterocycles. The molecule has 5 heteroatoms. The van der Waals surface area contributed by atoms with E-state index in [2.05, 4.69) is 15.9 Å². The molecule has 0 saturated heterocycles. The largest absolute Gasteiger partial charge is 0.493 e. The van der Waals surface area contributed by atoms with Crippen LogP contribution in [-0.2, 0) is 0 Å². The summed E-state index contributed by atoms with van der Waals surface area (Å²) in [6.07, 6.45) is 0. The first-order valence-corrected chi connectivity index (χ1v) is 5.21. The third-order valence-corrected chi connectivity index (χ3v) is 2.53. The molecule has 1 aromatic rings. The van der Waals surface area contributed by atoms with Gasteiger partial charge in [0.05, 0.1) is 26.9 Å². The number of benzene rings is 1. The Morgan fingerprint density at radius 1 is 1.40 bits per heavy atom. The van der Waals surface area contributed by atoms with E-state index in [1.807, 2.05) is 6.07 Å². The first kappa shape index (κ1) is 12.3. The maximum absolute atomic E-state index is 9.03. The van der Waals surface area contributed by atoms with Gasteiger partial charge in [-0.25, -0.2) is 0 Å². The van der Waals surface area contributed by atoms with Crippen LogP contribution in [0.25, 0.3) is 0 Å². The van der Waals surface area contributed by atoms with Gasteiger partial charge in [-0.3, -0.25) is 0 Å². The van der Waals surface area contributed by atoms with Crippen molar-refractivity contribution in [1.82, 2.24) is 0 Å². The SMILES string of the molecule is COc1cc(Br)cc([C@H](N)CO)c1OC. The fourth-order valence-electron chi connectivity index (χ4n) is 1.33. The smallest absolute Gasteiger partial charge is 0.165 e. The zero-order valence-electron chi connectivity index (χ0n) is 8.66. The van der Waals surface area contributed by atoms with Crippen molar-refractivity contribution >= 4 is 15.9 Å². The topological polar surface area (TPSA) is 64.7 Å². The van der Waals surface area contributed by atoms with E-state index in [9.17, 15) is 0 Å². The summed E-state index contributed by atoms with van der Waals surface area (Å²) in [6.45, 7) is -0.143. The summed E-state index contributed by atoms with van der Waals surface area (Å²) >= 11 is 3.34. The van der Waals surface area contributed by atoms with Crippen molar-refractivity contribution in [3.8, 4) is 11.5 Å². The number of aliphatic hydroxyl groups excluding tert-OH is 1. The zero-order valence-corrected chi connectivity index (χ0v) is 10.2. The van der Waals surface area contributed by atoms with Crippen LogP contribution >= 0.6 is 15.9 Å². The Kier molecular flexibility index (Phi) is 4.38. The van der Waals surface area contributed by atoms with Gasteiger partial charge in [0.25, 0.3) is 0 Å². The van der Waals surface area contributed by atoms with E-state index in [0.29, 0.717) is 17.1 Å². The molecule has 0 radical (unpaired) electrons. The van der Waals surface area contributed by atoms with Crippen molar-refractivity contribution in [3.05, 3.63) is 22.2 Å². The molecule has 0 aliphatic rings. The molecule has 1 rings (SSSR count). The number of aliphatic hydroxyl groups is 1. The Labute approximate surface area is 97.1 Å². The van der Waals surface area contributed by atoms with Crippen LogP contribution in [0.15, 0.2) is 16.6 Å². The molecule has 0 bridgehead atoms. The van der Waals surface area contributed by atoms with Gasteiger partial charge < -0.3 is 20.3 Å². The molecule has 1 atom stereocenters. The van der Waals surface area contributed by atoms with E-state index >= 15 is 0 Å². The van der Waals surface area contributed by atoms with E-state index in [0.717, 1.165) is 4.47 Å². The lowest BCUT2D eigenvalue weighted by Gasteiger charge is -2.16. The summed E-state index contributed by atoms with van der Waals surface area (Å²) in [7, 11) is 3.10. The first-order valence-electron chi connectivity index (χ1n) is 4.41. The van der Waals surface area contributed by atoms with Crippen LogP contribution in [0.3, 0.4) is 0 Å². The lowest BCUT2D eigenvalue weighted by molar-refractivity contribution is 0.263. The Balaban J connectivity index is 3.28. The quantitative estimate of drug-likeness (QED) is 0.873. The molecule has 0 saturated carbocycles. The molecule has 84 valence electrons. The van der Waals surface area contributed by atoms with Crippen molar-refractivity contribution in [1.29, 1.82) is 0 Å². The second kappa shape index (κ2) is 5.34. The van der Waals surface area contributed by atoms with Crippen LogP contribution in [0.4, 0.5) is 0 Å². The number of halogens is 1. The Morgan fingerprint density at radius 3 is 2.53 bits per heavy atom. The van der Waals surface area contributed by atoms with Gasteiger partial charge in [0, 0.05) is 10.0 Å². The second-order valence-electron chi connectivity index (χ2n) is 3.02. The highest BCUT2D eigenvalue weighted by Gasteiger charge is 2.16. The maximum Gasteiger partial charge on any atom is 0.165 e. The standard InChI is InChI=1S/C10H14BrNO3/c1-14-9-4-6(11)3-7(8(12)5-13)10(9)15-2/h3-4,8,13H,5,12H2,1-2H3/t8-/m1/s1. The second-order valence-corrected chi connectivity index (χ2v) is 3.94. The predicted octanol–water partition coefficient (Wildman–Crippen LogP) is 1.46. The minimum Gasteiger partial charge on any atom is -0.493 e. The van der Waals surface area contributed by atoms with Crippen molar-refractivity contribution in [2.45, 2.75) is 6.04 Å². The minimum atomic E-state index is -0.480. The molecule has 0 fully saturated rings. The molecule has 0 aliphatic heterocycles. The normalized spacial score (nSPS) is 12.3. The molecule has 0 aliphatic carbocycles. The molecular weight excluding hydrogens is 262 g/mol. The molecule has 1 aromatic carbocycles. The van der Waals surface area contributed by atoms with Gasteiger partial charge in [-0.1, -0.05) is 15.9 Å². The maximum atomic E-state index is 9.03. The highest BCUT2D eigenvalue weighted by molar-refractivity contribution is 9.10. The molecule has 0 unspecified atom stereocenters. The Bertz CT molecular complexity index is 344. The van der Waals surface area contributed by atoms with Crippen LogP contribution in [-0.4, -0.2) is 25.9 Å². The van der Waals surface area contributed by atoms with E-state index < -0.39 is 6.04 Å². The van der Waals surface area contributed by atoms with Crippen molar-refractivity contribution in [2.75, 3.05) is 20.8 Å². The average Bonchev–Trinajstić information content (AvgIpc) is 2.26. The summed E-state index contributed by atoms with van der Waals surface area (Å²) in [6, 6.07) is 3.11. The molecule has 3 N–H and O–H groups in total. The first-order chi connectivity index (χ1) is 7.13. The Hall–Kier alpha value is -0.780. The fraction of sp³-hybridized carbons (Fsp3) is 0.400. The molecule has 4 nitrogen and oxygen atoms in total. The lowest BCUT2D eigenvalue weighted by atomic mass is 10.1. The Morgan fingerprint density at radius 2 is 2.07 bits per heavy atom. The van der Waals surface area contributed by atoms with Gasteiger partial charge in [0.1, 0.15) is 0 Å². The summed E-state index contributed by atoms with van der Waals surface area (Å²) in [4.78, 5) is 0. The molecule has 0 amide bonds. The van der Waals surface area contributed by atoms with E-state index in [4.69, 9.17) is 20.3 Å². The van der Waals surface area contributed by atoms with Crippen molar-refractivity contribution < 1.29 is 14.6 Å². The van der Waals surface area contributed by atoms with E-state index in [-0.39, 0.29) is 6.61 Å². The number of ether oxygens (including phenoxy) is 2. The number of rotatable bonds is 4. The summed E-state index contributed by atoms with van der Waals surface area (Å²) in [5, 5.41) is 9.03. The average molecular weight is 276 g/mol. The number of methoxy groups -OCH3 is 2. The van der Waals surface area contributed by atoms with E-state index in [1.165, 1.54) is 0 Å². The summed E-state index contributed by atoms with van der Waals surface area (Å²) in [5.41, 5.74) is 6.47. The highest BCUT2D eigenvalue weighted by Crippen LogP contribution is 2.36. The van der Waals surface area contributed by atoms with Crippen LogP contribution in [0, 0.1) is 0 Å². The third kappa shape index (κ3) is 2.62. The van der Waals surface area contributed by atoms with Gasteiger partial charge in [-0.2, -0.15) is 0 Å². The van der Waals surface area contributed by atoms with Crippen LogP contribution < -0.4 is 15.2 Å². The van der Waals surface area contributed by atoms with Crippen LogP contribution in [0.1, 0.15) is 11.6 Å². The van der Waals surface area contributed by atoms with Crippen molar-refractivity contribution in [3.63, 3.8) is 0 Å². The number of hydrogen-bond donors (Lipinski definition) is 2. The molecule has 0 heterocycles. The molecule has 15 heavy (non-hydrogen) atoms. The van der Waals surface area contributed by atoms with Gasteiger partial charge in [0.2, 0.25) is 0 Å². The zero-order chi connectivity index (χ0) is 11.4. The van der Waals surface area contributed by atoms with Crippen molar-refractivity contribution in [2.24, 2.45) is 5.73 Å². The summed E-state index contributed by atoms with van der Waals surface area (Å²) < 4.78 is 11.2. The van der Waals surface area contributed by atoms with E-state index in [1.54, 1.807) is 20.3 Å². The number of hydrogen-bond acceptors (Lipinski definition) is 4. The highest BCUT2D eigenvalue weighted by atomic mass is 79.9. The lowest BCUT2D eigenvalue weighted by Crippen LogP contribution is -2.15. The van der Waals surface area contributed by atoms with Gasteiger partial charge in [-0.05, 0) is 12.1 Å². The summed E-state index contributed by atoms with van der Waals surface area (Å²) in [5.74, 6) is 1.15. The van der Waals surface area contributed by atoms with Gasteiger partial charge in [0.15, 0.2) is 11.5 Å². The monoisotopic (exact) mass is 275 g/mol. The number of nitrogens with two attached hydrogens (primary N) is 1. The van der Waals surface area contributed by atoms with Crippen LogP contribution in [0.5, 0.6) is 11.5 Å². The molecular formula is C10H14BrNO3. The minimum absolute atomic E-state index is 0.143. The predicted molar refractivity (Wildman–Crippen MR) is 61.3 cm³/mol. The molecule has 0 spiro atoms.